The molecule has 0 unspecified atom stereocenters. The van der Waals surface area contributed by atoms with Gasteiger partial charge in [-0.3, -0.25) is 9.59 Å². The third-order valence-electron chi connectivity index (χ3n) is 3.12. The SMILES string of the molecule is CC(=O)c1ccccc1NC(=O)COC(=O)COc1ccc(F)cc1. The molecule has 6 nitrogen and oxygen atoms in total. The van der Waals surface area contributed by atoms with Gasteiger partial charge >= 0.3 is 5.97 Å². The van der Waals surface area contributed by atoms with Crippen LogP contribution in [0.5, 0.6) is 5.75 Å². The number of hydrogen-bond donors (Lipinski definition) is 1. The number of ether oxygens (including phenoxy) is 2. The van der Waals surface area contributed by atoms with Crippen LogP contribution in [0.3, 0.4) is 0 Å². The molecule has 0 fully saturated rings. The Morgan fingerprint density at radius 3 is 2.36 bits per heavy atom. The lowest BCUT2D eigenvalue weighted by Crippen LogP contribution is -2.24. The van der Waals surface area contributed by atoms with Crippen LogP contribution in [0.2, 0.25) is 0 Å². The molecule has 2 aromatic rings. The van der Waals surface area contributed by atoms with Gasteiger partial charge in [0.05, 0.1) is 5.69 Å². The van der Waals surface area contributed by atoms with Crippen molar-refractivity contribution in [3.63, 3.8) is 0 Å². The summed E-state index contributed by atoms with van der Waals surface area (Å²) in [5.74, 6) is -1.64. The molecule has 1 amide bonds. The van der Waals surface area contributed by atoms with Gasteiger partial charge in [0.15, 0.2) is 19.0 Å². The number of carbonyl (C=O) groups is 3. The van der Waals surface area contributed by atoms with Crippen LogP contribution in [0.15, 0.2) is 48.5 Å². The molecular weight excluding hydrogens is 329 g/mol. The summed E-state index contributed by atoms with van der Waals surface area (Å²) in [5, 5.41) is 2.51. The van der Waals surface area contributed by atoms with Crippen LogP contribution in [0, 0.1) is 5.82 Å². The maximum atomic E-state index is 12.7. The van der Waals surface area contributed by atoms with E-state index in [0.29, 0.717) is 17.0 Å². The number of hydrogen-bond acceptors (Lipinski definition) is 5. The molecule has 130 valence electrons. The molecule has 0 heterocycles. The average Bonchev–Trinajstić information content (AvgIpc) is 2.59. The second-order valence-electron chi connectivity index (χ2n) is 5.05. The van der Waals surface area contributed by atoms with Crippen molar-refractivity contribution in [1.29, 1.82) is 0 Å². The van der Waals surface area contributed by atoms with E-state index in [4.69, 9.17) is 9.47 Å². The fourth-order valence-electron chi connectivity index (χ4n) is 1.95. The summed E-state index contributed by atoms with van der Waals surface area (Å²) in [6, 6.07) is 11.6. The van der Waals surface area contributed by atoms with E-state index in [1.165, 1.54) is 31.2 Å². The van der Waals surface area contributed by atoms with Crippen molar-refractivity contribution in [2.75, 3.05) is 18.5 Å². The van der Waals surface area contributed by atoms with E-state index < -0.39 is 30.9 Å². The molecule has 2 rings (SSSR count). The molecule has 0 atom stereocenters. The lowest BCUT2D eigenvalue weighted by atomic mass is 10.1. The summed E-state index contributed by atoms with van der Waals surface area (Å²) in [4.78, 5) is 34.9. The van der Waals surface area contributed by atoms with Gasteiger partial charge in [0.25, 0.3) is 5.91 Å². The summed E-state index contributed by atoms with van der Waals surface area (Å²) >= 11 is 0. The third kappa shape index (κ3) is 5.72. The van der Waals surface area contributed by atoms with Crippen molar-refractivity contribution in [2.45, 2.75) is 6.92 Å². The van der Waals surface area contributed by atoms with Gasteiger partial charge < -0.3 is 14.8 Å². The van der Waals surface area contributed by atoms with Crippen molar-refractivity contribution >= 4 is 23.3 Å². The maximum absolute atomic E-state index is 12.7. The first-order chi connectivity index (χ1) is 12.0. The number of carbonyl (C=O) groups excluding carboxylic acids is 3. The molecule has 1 N–H and O–H groups in total. The minimum atomic E-state index is -0.751. The number of esters is 1. The van der Waals surface area contributed by atoms with Crippen molar-refractivity contribution < 1.29 is 28.2 Å². The highest BCUT2D eigenvalue weighted by Crippen LogP contribution is 2.15. The van der Waals surface area contributed by atoms with Crippen molar-refractivity contribution in [3.05, 3.63) is 59.9 Å². The predicted molar refractivity (Wildman–Crippen MR) is 87.9 cm³/mol. The quantitative estimate of drug-likeness (QED) is 0.616. The molecule has 0 aliphatic carbocycles. The number of nitrogens with one attached hydrogen (secondary N) is 1. The van der Waals surface area contributed by atoms with Gasteiger partial charge in [0, 0.05) is 5.56 Å². The molecule has 2 aromatic carbocycles. The molecule has 0 spiro atoms. The Labute approximate surface area is 143 Å². The topological polar surface area (TPSA) is 81.7 Å². The van der Waals surface area contributed by atoms with Gasteiger partial charge in [-0.1, -0.05) is 12.1 Å². The highest BCUT2D eigenvalue weighted by molar-refractivity contribution is 6.04. The second kappa shape index (κ2) is 8.58. The van der Waals surface area contributed by atoms with Gasteiger partial charge in [-0.2, -0.15) is 0 Å². The Hall–Kier alpha value is -3.22. The Bertz CT molecular complexity index is 773. The van der Waals surface area contributed by atoms with E-state index in [0.717, 1.165) is 0 Å². The largest absolute Gasteiger partial charge is 0.482 e. The normalized spacial score (nSPS) is 10.0. The number of halogens is 1. The first-order valence-electron chi connectivity index (χ1n) is 7.39. The summed E-state index contributed by atoms with van der Waals surface area (Å²) in [6.07, 6.45) is 0. The summed E-state index contributed by atoms with van der Waals surface area (Å²) < 4.78 is 22.6. The lowest BCUT2D eigenvalue weighted by Gasteiger charge is -2.10. The molecule has 0 saturated heterocycles. The van der Waals surface area contributed by atoms with E-state index in [9.17, 15) is 18.8 Å². The fourth-order valence-corrected chi connectivity index (χ4v) is 1.95. The zero-order valence-corrected chi connectivity index (χ0v) is 13.5. The van der Waals surface area contributed by atoms with Crippen LogP contribution in [-0.2, 0) is 14.3 Å². The van der Waals surface area contributed by atoms with Gasteiger partial charge in [-0.05, 0) is 43.3 Å². The van der Waals surface area contributed by atoms with Crippen molar-refractivity contribution in [3.8, 4) is 5.75 Å². The average molecular weight is 345 g/mol. The van der Waals surface area contributed by atoms with Gasteiger partial charge in [0.1, 0.15) is 11.6 Å². The summed E-state index contributed by atoms with van der Waals surface area (Å²) in [5.41, 5.74) is 0.709. The second-order valence-corrected chi connectivity index (χ2v) is 5.05. The van der Waals surface area contributed by atoms with Gasteiger partial charge in [-0.15, -0.1) is 0 Å². The number of rotatable bonds is 7. The highest BCUT2D eigenvalue weighted by Gasteiger charge is 2.12. The molecule has 0 bridgehead atoms. The van der Waals surface area contributed by atoms with E-state index in [2.05, 4.69) is 5.32 Å². The number of ketones is 1. The molecule has 0 saturated carbocycles. The first-order valence-corrected chi connectivity index (χ1v) is 7.39. The number of amides is 1. The van der Waals surface area contributed by atoms with Crippen LogP contribution < -0.4 is 10.1 Å². The third-order valence-corrected chi connectivity index (χ3v) is 3.12. The zero-order chi connectivity index (χ0) is 18.2. The molecule has 25 heavy (non-hydrogen) atoms. The number of benzene rings is 2. The molecule has 0 aliphatic heterocycles. The van der Waals surface area contributed by atoms with Gasteiger partial charge in [-0.25, -0.2) is 9.18 Å². The van der Waals surface area contributed by atoms with E-state index in [1.54, 1.807) is 24.3 Å². The minimum Gasteiger partial charge on any atom is -0.482 e. The van der Waals surface area contributed by atoms with E-state index >= 15 is 0 Å². The zero-order valence-electron chi connectivity index (χ0n) is 13.5. The van der Waals surface area contributed by atoms with E-state index in [1.807, 2.05) is 0 Å². The van der Waals surface area contributed by atoms with E-state index in [-0.39, 0.29) is 5.78 Å². The van der Waals surface area contributed by atoms with Crippen molar-refractivity contribution in [1.82, 2.24) is 0 Å². The molecule has 0 aliphatic rings. The standard InChI is InChI=1S/C18H16FNO5/c1-12(21)15-4-2-3-5-16(15)20-17(22)10-25-18(23)11-24-14-8-6-13(19)7-9-14/h2-9H,10-11H2,1H3,(H,20,22). The lowest BCUT2D eigenvalue weighted by molar-refractivity contribution is -0.149. The van der Waals surface area contributed by atoms with Gasteiger partial charge in [0.2, 0.25) is 0 Å². The first kappa shape index (κ1) is 18.1. The minimum absolute atomic E-state index is 0.194. The van der Waals surface area contributed by atoms with Crippen LogP contribution >= 0.6 is 0 Å². The van der Waals surface area contributed by atoms with Crippen molar-refractivity contribution in [2.24, 2.45) is 0 Å². The Kier molecular flexibility index (Phi) is 6.22. The fraction of sp³-hybridized carbons (Fsp3) is 0.167. The molecule has 0 aromatic heterocycles. The Balaban J connectivity index is 1.79. The van der Waals surface area contributed by atoms with Crippen LogP contribution in [0.4, 0.5) is 10.1 Å². The molecule has 0 radical (unpaired) electrons. The molecular formula is C18H16FNO5. The summed E-state index contributed by atoms with van der Waals surface area (Å²) in [6.45, 7) is 0.457. The Morgan fingerprint density at radius 2 is 1.68 bits per heavy atom. The molecule has 7 heteroatoms. The number of anilines is 1. The summed E-state index contributed by atoms with van der Waals surface area (Å²) in [7, 11) is 0. The number of para-hydroxylation sites is 1. The smallest absolute Gasteiger partial charge is 0.344 e. The maximum Gasteiger partial charge on any atom is 0.344 e. The predicted octanol–water partition coefficient (Wildman–Crippen LogP) is 2.59. The Morgan fingerprint density at radius 1 is 1.00 bits per heavy atom. The van der Waals surface area contributed by atoms with Crippen LogP contribution in [-0.4, -0.2) is 30.9 Å². The monoisotopic (exact) mass is 345 g/mol. The highest BCUT2D eigenvalue weighted by atomic mass is 19.1. The van der Waals surface area contributed by atoms with Crippen LogP contribution in [0.1, 0.15) is 17.3 Å². The van der Waals surface area contributed by atoms with Crippen LogP contribution in [0.25, 0.3) is 0 Å². The number of Topliss-reactive ketones (excluding diaryl/α,β-unsaturated/α-hetero) is 1.